The molecule has 0 bridgehead atoms. The van der Waals surface area contributed by atoms with Gasteiger partial charge in [-0.05, 0) is 28.1 Å². The molecule has 0 amide bonds. The smallest absolute Gasteiger partial charge is 0.382 e. The summed E-state index contributed by atoms with van der Waals surface area (Å²) in [4.78, 5) is 15.9. The summed E-state index contributed by atoms with van der Waals surface area (Å²) < 4.78 is 38.1. The van der Waals surface area contributed by atoms with Gasteiger partial charge in [0.15, 0.2) is 6.10 Å². The molecule has 0 radical (unpaired) electrons. The van der Waals surface area contributed by atoms with Crippen molar-refractivity contribution >= 4 is 26.8 Å². The minimum absolute atomic E-state index is 0.186. The van der Waals surface area contributed by atoms with E-state index in [0.717, 1.165) is 10.9 Å². The van der Waals surface area contributed by atoms with Crippen molar-refractivity contribution in [2.24, 2.45) is 0 Å². The maximum atomic E-state index is 12.3. The Bertz CT molecular complexity index is 669. The van der Waals surface area contributed by atoms with Gasteiger partial charge in [-0.25, -0.2) is 4.98 Å². The Balaban J connectivity index is 2.47. The van der Waals surface area contributed by atoms with Gasteiger partial charge in [0.05, 0.1) is 23.8 Å². The Morgan fingerprint density at radius 1 is 1.42 bits per heavy atom. The quantitative estimate of drug-likeness (QED) is 0.913. The van der Waals surface area contributed by atoms with E-state index in [2.05, 4.69) is 20.9 Å². The van der Waals surface area contributed by atoms with E-state index in [0.29, 0.717) is 9.99 Å². The van der Waals surface area contributed by atoms with E-state index in [1.807, 2.05) is 0 Å². The third kappa shape index (κ3) is 2.79. The summed E-state index contributed by atoms with van der Waals surface area (Å²) in [6.07, 6.45) is -6.38. The number of aromatic nitrogens is 2. The van der Waals surface area contributed by atoms with Gasteiger partial charge in [-0.1, -0.05) is 6.07 Å². The highest BCUT2D eigenvalue weighted by Crippen LogP contribution is 2.22. The Hall–Kier alpha value is -1.41. The third-order valence-corrected chi connectivity index (χ3v) is 3.19. The Kier molecular flexibility index (Phi) is 3.64. The van der Waals surface area contributed by atoms with Crippen molar-refractivity contribution in [1.29, 1.82) is 0 Å². The lowest BCUT2D eigenvalue weighted by atomic mass is 10.2. The molecule has 2 aromatic rings. The van der Waals surface area contributed by atoms with Crippen LogP contribution in [0.25, 0.3) is 10.9 Å². The summed E-state index contributed by atoms with van der Waals surface area (Å²) in [5.41, 5.74) is -0.264. The van der Waals surface area contributed by atoms with Gasteiger partial charge in [0, 0.05) is 4.47 Å². The van der Waals surface area contributed by atoms with E-state index in [1.165, 1.54) is 6.07 Å². The van der Waals surface area contributed by atoms with Crippen molar-refractivity contribution in [3.8, 4) is 0 Å². The fraction of sp³-hybridized carbons (Fsp3) is 0.273. The van der Waals surface area contributed by atoms with Gasteiger partial charge in [0.2, 0.25) is 0 Å². The van der Waals surface area contributed by atoms with Crippen molar-refractivity contribution in [3.63, 3.8) is 0 Å². The van der Waals surface area contributed by atoms with E-state index in [1.54, 1.807) is 12.1 Å². The van der Waals surface area contributed by atoms with E-state index >= 15 is 0 Å². The van der Waals surface area contributed by atoms with E-state index in [9.17, 15) is 18.0 Å². The highest BCUT2D eigenvalue weighted by molar-refractivity contribution is 9.10. The van der Waals surface area contributed by atoms with Crippen LogP contribution in [0.5, 0.6) is 0 Å². The second-order valence-corrected chi connectivity index (χ2v) is 4.75. The van der Waals surface area contributed by atoms with Gasteiger partial charge in [0.25, 0.3) is 5.56 Å². The molecule has 0 fully saturated rings. The summed E-state index contributed by atoms with van der Waals surface area (Å²) in [7, 11) is 0. The maximum Gasteiger partial charge on any atom is 0.416 e. The van der Waals surface area contributed by atoms with Crippen LogP contribution in [0.1, 0.15) is 0 Å². The van der Waals surface area contributed by atoms with Gasteiger partial charge in [-0.3, -0.25) is 9.36 Å². The molecule has 1 aromatic heterocycles. The fourth-order valence-electron chi connectivity index (χ4n) is 1.57. The summed E-state index contributed by atoms with van der Waals surface area (Å²) in [5.74, 6) is 0. The maximum absolute atomic E-state index is 12.3. The molecule has 1 heterocycles. The zero-order chi connectivity index (χ0) is 14.2. The van der Waals surface area contributed by atoms with Gasteiger partial charge in [-0.15, -0.1) is 0 Å². The molecule has 1 atom stereocenters. The molecule has 1 N–H and O–H groups in total. The van der Waals surface area contributed by atoms with Crippen molar-refractivity contribution in [3.05, 3.63) is 39.4 Å². The monoisotopic (exact) mass is 336 g/mol. The van der Waals surface area contributed by atoms with Crippen molar-refractivity contribution in [2.45, 2.75) is 18.8 Å². The van der Waals surface area contributed by atoms with Crippen LogP contribution >= 0.6 is 15.9 Å². The molecule has 1 aromatic carbocycles. The summed E-state index contributed by atoms with van der Waals surface area (Å²) in [6, 6.07) is 4.72. The molecule has 0 aliphatic rings. The van der Waals surface area contributed by atoms with Gasteiger partial charge in [0.1, 0.15) is 0 Å². The topological polar surface area (TPSA) is 55.1 Å². The zero-order valence-electron chi connectivity index (χ0n) is 9.36. The predicted octanol–water partition coefficient (Wildman–Crippen LogP) is 2.08. The first-order valence-electron chi connectivity index (χ1n) is 5.19. The molecule has 0 aliphatic heterocycles. The first-order valence-corrected chi connectivity index (χ1v) is 5.98. The van der Waals surface area contributed by atoms with Crippen LogP contribution < -0.4 is 5.56 Å². The molecule has 0 saturated carbocycles. The Labute approximate surface area is 113 Å². The number of benzene rings is 1. The van der Waals surface area contributed by atoms with E-state index in [4.69, 9.17) is 5.11 Å². The van der Waals surface area contributed by atoms with Crippen LogP contribution in [0.4, 0.5) is 13.2 Å². The summed E-state index contributed by atoms with van der Waals surface area (Å²) >= 11 is 3.20. The number of halogens is 4. The van der Waals surface area contributed by atoms with Crippen LogP contribution in [0.3, 0.4) is 0 Å². The number of alkyl halides is 3. The zero-order valence-corrected chi connectivity index (χ0v) is 10.9. The predicted molar refractivity (Wildman–Crippen MR) is 65.8 cm³/mol. The number of hydrogen-bond donors (Lipinski definition) is 1. The summed E-state index contributed by atoms with van der Waals surface area (Å²) in [5, 5.41) is 9.15. The average Bonchev–Trinajstić information content (AvgIpc) is 2.32. The first-order chi connectivity index (χ1) is 8.80. The lowest BCUT2D eigenvalue weighted by molar-refractivity contribution is -0.207. The minimum Gasteiger partial charge on any atom is -0.382 e. The highest BCUT2D eigenvalue weighted by Gasteiger charge is 2.38. The van der Waals surface area contributed by atoms with Crippen LogP contribution in [0.15, 0.2) is 33.8 Å². The molecular weight excluding hydrogens is 329 g/mol. The third-order valence-electron chi connectivity index (χ3n) is 2.55. The molecule has 4 nitrogen and oxygen atoms in total. The molecule has 2 rings (SSSR count). The number of rotatable bonds is 2. The number of nitrogens with zero attached hydrogens (tertiary/aromatic N) is 2. The van der Waals surface area contributed by atoms with Crippen LogP contribution in [0.2, 0.25) is 0 Å². The second-order valence-electron chi connectivity index (χ2n) is 3.90. The van der Waals surface area contributed by atoms with Crippen molar-refractivity contribution < 1.29 is 18.3 Å². The largest absolute Gasteiger partial charge is 0.416 e. The first kappa shape index (κ1) is 14.0. The number of hydrogen-bond acceptors (Lipinski definition) is 3. The molecule has 0 aliphatic carbocycles. The van der Waals surface area contributed by atoms with Gasteiger partial charge in [-0.2, -0.15) is 13.2 Å². The molecule has 0 saturated heterocycles. The van der Waals surface area contributed by atoms with Crippen LogP contribution in [-0.4, -0.2) is 26.9 Å². The fourth-order valence-corrected chi connectivity index (χ4v) is 2.04. The number of aliphatic hydroxyl groups excluding tert-OH is 1. The molecular formula is C11H8BrF3N2O2. The lowest BCUT2D eigenvalue weighted by Gasteiger charge is -2.15. The second kappa shape index (κ2) is 4.93. The minimum atomic E-state index is -4.77. The van der Waals surface area contributed by atoms with E-state index < -0.39 is 24.4 Å². The van der Waals surface area contributed by atoms with Crippen LogP contribution in [0, 0.1) is 0 Å². The van der Waals surface area contributed by atoms with Crippen molar-refractivity contribution in [2.75, 3.05) is 0 Å². The Morgan fingerprint density at radius 3 is 2.74 bits per heavy atom. The lowest BCUT2D eigenvalue weighted by Crippen LogP contribution is -2.36. The van der Waals surface area contributed by atoms with Gasteiger partial charge >= 0.3 is 6.18 Å². The average molecular weight is 337 g/mol. The number of aliphatic hydroxyl groups is 1. The van der Waals surface area contributed by atoms with Crippen molar-refractivity contribution in [1.82, 2.24) is 9.55 Å². The van der Waals surface area contributed by atoms with E-state index in [-0.39, 0.29) is 5.39 Å². The number of fused-ring (bicyclic) bond motifs is 1. The van der Waals surface area contributed by atoms with Crippen LogP contribution in [-0.2, 0) is 6.54 Å². The molecule has 102 valence electrons. The normalized spacial score (nSPS) is 13.7. The van der Waals surface area contributed by atoms with Gasteiger partial charge < -0.3 is 5.11 Å². The Morgan fingerprint density at radius 2 is 2.11 bits per heavy atom. The molecule has 19 heavy (non-hydrogen) atoms. The summed E-state index contributed by atoms with van der Waals surface area (Å²) in [6.45, 7) is -0.877. The SMILES string of the molecule is O=c1c2cccc(Br)c2ncn1C[C@H](O)C(F)(F)F. The number of para-hydroxylation sites is 1. The molecule has 8 heteroatoms. The molecule has 0 unspecified atom stereocenters. The standard InChI is InChI=1S/C11H8BrF3N2O2/c12-7-3-1-2-6-9(7)16-5-17(10(6)19)4-8(18)11(13,14)15/h1-3,5,8,18H,4H2/t8-/m0/s1. The molecule has 0 spiro atoms. The highest BCUT2D eigenvalue weighted by atomic mass is 79.9.